The van der Waals surface area contributed by atoms with Gasteiger partial charge in [-0.2, -0.15) is 0 Å². The number of nitrogens with one attached hydrogen (secondary N) is 2. The highest BCUT2D eigenvalue weighted by Crippen LogP contribution is 2.59. The highest BCUT2D eigenvalue weighted by molar-refractivity contribution is 5.02. The van der Waals surface area contributed by atoms with Crippen molar-refractivity contribution in [3.05, 3.63) is 0 Å². The summed E-state index contributed by atoms with van der Waals surface area (Å²) in [7, 11) is 0. The van der Waals surface area contributed by atoms with E-state index in [2.05, 4.69) is 10.6 Å². The summed E-state index contributed by atoms with van der Waals surface area (Å²) < 4.78 is 5.64. The molecule has 4 aliphatic carbocycles. The van der Waals surface area contributed by atoms with Gasteiger partial charge in [-0.1, -0.05) is 0 Å². The van der Waals surface area contributed by atoms with Crippen molar-refractivity contribution < 1.29 is 4.74 Å². The first kappa shape index (κ1) is 14.5. The molecule has 0 spiro atoms. The van der Waals surface area contributed by atoms with Crippen molar-refractivity contribution in [2.45, 2.75) is 57.5 Å². The minimum Gasteiger partial charge on any atom is -0.377 e. The molecule has 1 aliphatic heterocycles. The van der Waals surface area contributed by atoms with Crippen molar-refractivity contribution in [3.63, 3.8) is 0 Å². The van der Waals surface area contributed by atoms with Crippen molar-refractivity contribution in [2.24, 2.45) is 23.2 Å². The van der Waals surface area contributed by atoms with E-state index in [-0.39, 0.29) is 0 Å². The topological polar surface area (TPSA) is 33.3 Å². The monoisotopic (exact) mass is 292 g/mol. The Labute approximate surface area is 129 Å². The van der Waals surface area contributed by atoms with Crippen LogP contribution >= 0.6 is 0 Å². The van der Waals surface area contributed by atoms with Crippen LogP contribution in [-0.4, -0.2) is 38.9 Å². The van der Waals surface area contributed by atoms with Crippen LogP contribution in [-0.2, 0) is 4.74 Å². The van der Waals surface area contributed by atoms with E-state index in [1.807, 2.05) is 0 Å². The molecule has 5 aliphatic rings. The molecule has 0 aromatic carbocycles. The molecule has 1 atom stereocenters. The second kappa shape index (κ2) is 6.17. The average molecular weight is 292 g/mol. The van der Waals surface area contributed by atoms with Crippen LogP contribution in [0.25, 0.3) is 0 Å². The normalized spacial score (nSPS) is 44.6. The van der Waals surface area contributed by atoms with E-state index in [4.69, 9.17) is 4.74 Å². The van der Waals surface area contributed by atoms with Gasteiger partial charge >= 0.3 is 0 Å². The fourth-order valence-electron chi connectivity index (χ4n) is 6.11. The third-order valence-corrected chi connectivity index (χ3v) is 6.54. The van der Waals surface area contributed by atoms with E-state index in [0.717, 1.165) is 44.0 Å². The van der Waals surface area contributed by atoms with Gasteiger partial charge in [0.05, 0.1) is 6.10 Å². The van der Waals surface area contributed by atoms with Gasteiger partial charge in [0.1, 0.15) is 0 Å². The molecule has 5 rings (SSSR count). The lowest BCUT2D eigenvalue weighted by atomic mass is 9.49. The van der Waals surface area contributed by atoms with Gasteiger partial charge in [0.15, 0.2) is 0 Å². The van der Waals surface area contributed by atoms with Crippen molar-refractivity contribution >= 4 is 0 Å². The van der Waals surface area contributed by atoms with E-state index < -0.39 is 0 Å². The Morgan fingerprint density at radius 2 is 1.57 bits per heavy atom. The van der Waals surface area contributed by atoms with Crippen molar-refractivity contribution in [1.82, 2.24) is 10.6 Å². The van der Waals surface area contributed by atoms with Gasteiger partial charge in [0.25, 0.3) is 0 Å². The van der Waals surface area contributed by atoms with Crippen molar-refractivity contribution in [3.8, 4) is 0 Å². The zero-order chi connectivity index (χ0) is 14.1. The fraction of sp³-hybridized carbons (Fsp3) is 1.00. The predicted molar refractivity (Wildman–Crippen MR) is 85.3 cm³/mol. The first-order chi connectivity index (χ1) is 10.3. The third kappa shape index (κ3) is 3.30. The molecule has 5 fully saturated rings. The Morgan fingerprint density at radius 1 is 0.905 bits per heavy atom. The molecule has 2 N–H and O–H groups in total. The molecule has 1 unspecified atom stereocenters. The van der Waals surface area contributed by atoms with Gasteiger partial charge in [0.2, 0.25) is 0 Å². The summed E-state index contributed by atoms with van der Waals surface area (Å²) >= 11 is 0. The van der Waals surface area contributed by atoms with Crippen LogP contribution in [0.2, 0.25) is 0 Å². The zero-order valence-corrected chi connectivity index (χ0v) is 13.4. The minimum absolute atomic E-state index is 0.480. The summed E-state index contributed by atoms with van der Waals surface area (Å²) in [6.07, 6.45) is 12.2. The molecule has 3 heteroatoms. The van der Waals surface area contributed by atoms with E-state index in [0.29, 0.717) is 11.5 Å². The fourth-order valence-corrected chi connectivity index (χ4v) is 6.11. The molecule has 0 radical (unpaired) electrons. The Morgan fingerprint density at radius 3 is 2.19 bits per heavy atom. The molecule has 1 heterocycles. The summed E-state index contributed by atoms with van der Waals surface area (Å²) in [5.41, 5.74) is 0.684. The van der Waals surface area contributed by atoms with Gasteiger partial charge in [0, 0.05) is 32.8 Å². The quantitative estimate of drug-likeness (QED) is 0.708. The lowest BCUT2D eigenvalue weighted by Crippen LogP contribution is -2.51. The van der Waals surface area contributed by atoms with Crippen LogP contribution in [0.5, 0.6) is 0 Å². The van der Waals surface area contributed by atoms with Gasteiger partial charge in [-0.3, -0.25) is 0 Å². The van der Waals surface area contributed by atoms with Gasteiger partial charge in [-0.15, -0.1) is 0 Å². The standard InChI is InChI=1S/C18H32N2O/c1-2-17(21-5-1)12-19-3-4-20-13-18-9-14-6-15(10-18)8-16(7-14)11-18/h14-17,19-20H,1-13H2. The van der Waals surface area contributed by atoms with E-state index in [1.54, 1.807) is 19.3 Å². The Hall–Kier alpha value is -0.120. The lowest BCUT2D eigenvalue weighted by Gasteiger charge is -2.57. The molecule has 0 aromatic heterocycles. The molecule has 1 saturated heterocycles. The SMILES string of the molecule is C1COC(CNCCNCC23CC4CC(CC(C4)C2)C3)C1. The smallest absolute Gasteiger partial charge is 0.0700 e. The number of rotatable bonds is 7. The molecule has 21 heavy (non-hydrogen) atoms. The summed E-state index contributed by atoms with van der Waals surface area (Å²) in [6.45, 7) is 5.49. The lowest BCUT2D eigenvalue weighted by molar-refractivity contribution is -0.0511. The molecular weight excluding hydrogens is 260 g/mol. The Balaban J connectivity index is 1.14. The van der Waals surface area contributed by atoms with Crippen LogP contribution < -0.4 is 10.6 Å². The molecule has 3 nitrogen and oxygen atoms in total. The maximum atomic E-state index is 5.64. The Bertz CT molecular complexity index is 316. The Kier molecular flexibility index (Phi) is 4.25. The van der Waals surface area contributed by atoms with Crippen molar-refractivity contribution in [2.75, 3.05) is 32.8 Å². The molecule has 120 valence electrons. The van der Waals surface area contributed by atoms with E-state index in [9.17, 15) is 0 Å². The molecule has 0 aromatic rings. The van der Waals surface area contributed by atoms with Crippen LogP contribution in [0.1, 0.15) is 51.4 Å². The van der Waals surface area contributed by atoms with Crippen LogP contribution in [0.3, 0.4) is 0 Å². The van der Waals surface area contributed by atoms with Crippen LogP contribution in [0.15, 0.2) is 0 Å². The second-order valence-electron chi connectivity index (χ2n) is 8.43. The number of ether oxygens (including phenoxy) is 1. The predicted octanol–water partition coefficient (Wildman–Crippen LogP) is 2.56. The number of hydrogen-bond donors (Lipinski definition) is 2. The number of hydrogen-bond acceptors (Lipinski definition) is 3. The second-order valence-corrected chi connectivity index (χ2v) is 8.43. The third-order valence-electron chi connectivity index (χ3n) is 6.54. The highest BCUT2D eigenvalue weighted by Gasteiger charge is 2.50. The molecular formula is C18H32N2O. The van der Waals surface area contributed by atoms with Gasteiger partial charge in [-0.25, -0.2) is 0 Å². The summed E-state index contributed by atoms with van der Waals surface area (Å²) in [5.74, 6) is 3.24. The molecule has 4 bridgehead atoms. The maximum absolute atomic E-state index is 5.64. The van der Waals surface area contributed by atoms with E-state index in [1.165, 1.54) is 38.6 Å². The average Bonchev–Trinajstić information content (AvgIpc) is 2.94. The highest BCUT2D eigenvalue weighted by atomic mass is 16.5. The largest absolute Gasteiger partial charge is 0.377 e. The van der Waals surface area contributed by atoms with Crippen molar-refractivity contribution in [1.29, 1.82) is 0 Å². The zero-order valence-electron chi connectivity index (χ0n) is 13.4. The van der Waals surface area contributed by atoms with Crippen LogP contribution in [0.4, 0.5) is 0 Å². The minimum atomic E-state index is 0.480. The summed E-state index contributed by atoms with van der Waals surface area (Å²) in [6, 6.07) is 0. The molecule has 0 amide bonds. The summed E-state index contributed by atoms with van der Waals surface area (Å²) in [4.78, 5) is 0. The van der Waals surface area contributed by atoms with Crippen LogP contribution in [0, 0.1) is 23.2 Å². The van der Waals surface area contributed by atoms with E-state index >= 15 is 0 Å². The summed E-state index contributed by atoms with van der Waals surface area (Å²) in [5, 5.41) is 7.31. The first-order valence-electron chi connectivity index (χ1n) is 9.34. The first-order valence-corrected chi connectivity index (χ1v) is 9.34. The van der Waals surface area contributed by atoms with Gasteiger partial charge in [-0.05, 0) is 74.5 Å². The molecule has 4 saturated carbocycles. The maximum Gasteiger partial charge on any atom is 0.0700 e. The van der Waals surface area contributed by atoms with Gasteiger partial charge < -0.3 is 15.4 Å².